The number of benzene rings is 1. The Bertz CT molecular complexity index is 522. The van der Waals surface area contributed by atoms with Gasteiger partial charge in [-0.1, -0.05) is 0 Å². The lowest BCUT2D eigenvalue weighted by Gasteiger charge is -2.21. The third kappa shape index (κ3) is 3.41. The van der Waals surface area contributed by atoms with Crippen LogP contribution < -0.4 is 10.1 Å². The first-order valence-corrected chi connectivity index (χ1v) is 6.93. The number of carbonyl (C=O) groups excluding carboxylic acids is 1. The highest BCUT2D eigenvalue weighted by atomic mass is 16.5. The second-order valence-electron chi connectivity index (χ2n) is 4.69. The number of fused-ring (bicyclic) bond motifs is 1. The average Bonchev–Trinajstić information content (AvgIpc) is 2.48. The monoisotopic (exact) mass is 273 g/mol. The molecule has 106 valence electrons. The van der Waals surface area contributed by atoms with Gasteiger partial charge in [0.1, 0.15) is 5.75 Å². The van der Waals surface area contributed by atoms with Crippen molar-refractivity contribution >= 4 is 11.7 Å². The zero-order valence-corrected chi connectivity index (χ0v) is 11.7. The van der Waals surface area contributed by atoms with Crippen LogP contribution in [0.25, 0.3) is 0 Å². The molecule has 20 heavy (non-hydrogen) atoms. The number of rotatable bonds is 4. The van der Waals surface area contributed by atoms with Gasteiger partial charge in [0.15, 0.2) is 0 Å². The molecule has 0 unspecified atom stereocenters. The molecule has 1 aromatic rings. The van der Waals surface area contributed by atoms with Crippen LogP contribution in [0.5, 0.6) is 5.75 Å². The molecule has 1 heterocycles. The molecule has 1 N–H and O–H groups in total. The molecule has 1 aromatic carbocycles. The molecule has 1 aliphatic heterocycles. The molecule has 0 saturated carbocycles. The number of hydrogen-bond donors (Lipinski definition) is 1. The summed E-state index contributed by atoms with van der Waals surface area (Å²) in [7, 11) is 0. The van der Waals surface area contributed by atoms with Crippen molar-refractivity contribution in [1.29, 1.82) is 5.26 Å². The Hall–Kier alpha value is -2.22. The van der Waals surface area contributed by atoms with Gasteiger partial charge in [0.2, 0.25) is 0 Å². The van der Waals surface area contributed by atoms with Gasteiger partial charge >= 0.3 is 6.03 Å². The Morgan fingerprint density at radius 2 is 2.40 bits per heavy atom. The molecule has 0 bridgehead atoms. The number of nitrogens with one attached hydrogen (secondary N) is 1. The quantitative estimate of drug-likeness (QED) is 0.917. The minimum atomic E-state index is -0.167. The molecule has 0 aromatic heterocycles. The van der Waals surface area contributed by atoms with Gasteiger partial charge in [0.05, 0.1) is 19.1 Å². The molecule has 0 radical (unpaired) electrons. The first-order chi connectivity index (χ1) is 9.74. The number of hydrogen-bond acceptors (Lipinski definition) is 3. The van der Waals surface area contributed by atoms with Crippen LogP contribution in [0.3, 0.4) is 0 Å². The molecule has 5 nitrogen and oxygen atoms in total. The molecule has 2 rings (SSSR count). The highest BCUT2D eigenvalue weighted by Gasteiger charge is 2.14. The highest BCUT2D eigenvalue weighted by molar-refractivity contribution is 5.89. The Morgan fingerprint density at radius 3 is 3.15 bits per heavy atom. The van der Waals surface area contributed by atoms with Gasteiger partial charge in [-0.3, -0.25) is 0 Å². The third-order valence-corrected chi connectivity index (χ3v) is 3.32. The summed E-state index contributed by atoms with van der Waals surface area (Å²) in [6.45, 7) is 3.70. The van der Waals surface area contributed by atoms with E-state index < -0.39 is 0 Å². The summed E-state index contributed by atoms with van der Waals surface area (Å²) in [5.41, 5.74) is 1.91. The molecule has 0 spiro atoms. The van der Waals surface area contributed by atoms with E-state index in [0.29, 0.717) is 19.5 Å². The van der Waals surface area contributed by atoms with E-state index in [-0.39, 0.29) is 6.03 Å². The van der Waals surface area contributed by atoms with Crippen molar-refractivity contribution in [2.75, 3.05) is 25.0 Å². The third-order valence-electron chi connectivity index (χ3n) is 3.32. The zero-order chi connectivity index (χ0) is 14.4. The van der Waals surface area contributed by atoms with E-state index >= 15 is 0 Å². The summed E-state index contributed by atoms with van der Waals surface area (Å²) in [5.74, 6) is 0.908. The fourth-order valence-corrected chi connectivity index (χ4v) is 2.23. The van der Waals surface area contributed by atoms with Gasteiger partial charge in [0.25, 0.3) is 0 Å². The standard InChI is InChI=1S/C15H19N3O2/c1-2-18(9-4-8-16)15(19)17-13-6-7-14-12(11-13)5-3-10-20-14/h6-7,11H,2-5,9-10H2,1H3,(H,17,19). The minimum Gasteiger partial charge on any atom is -0.493 e. The molecule has 0 atom stereocenters. The van der Waals surface area contributed by atoms with Crippen molar-refractivity contribution in [3.8, 4) is 11.8 Å². The maximum atomic E-state index is 12.1. The van der Waals surface area contributed by atoms with Crippen LogP contribution >= 0.6 is 0 Å². The van der Waals surface area contributed by atoms with E-state index in [1.54, 1.807) is 4.90 Å². The Balaban J connectivity index is 2.02. The van der Waals surface area contributed by atoms with Gasteiger partial charge in [-0.2, -0.15) is 5.26 Å². The van der Waals surface area contributed by atoms with Gasteiger partial charge < -0.3 is 15.0 Å². The fourth-order valence-electron chi connectivity index (χ4n) is 2.23. The molecule has 0 saturated heterocycles. The summed E-state index contributed by atoms with van der Waals surface area (Å²) in [6.07, 6.45) is 2.33. The van der Waals surface area contributed by atoms with Crippen LogP contribution in [0.4, 0.5) is 10.5 Å². The summed E-state index contributed by atoms with van der Waals surface area (Å²) in [6, 6.07) is 7.60. The molecule has 0 fully saturated rings. The number of nitrogens with zero attached hydrogens (tertiary/aromatic N) is 2. The normalized spacial score (nSPS) is 12.8. The maximum Gasteiger partial charge on any atom is 0.321 e. The number of ether oxygens (including phenoxy) is 1. The molecule has 2 amide bonds. The molecular weight excluding hydrogens is 254 g/mol. The van der Waals surface area contributed by atoms with Crippen molar-refractivity contribution < 1.29 is 9.53 Å². The van der Waals surface area contributed by atoms with Crippen molar-refractivity contribution in [3.05, 3.63) is 23.8 Å². The van der Waals surface area contributed by atoms with E-state index in [1.807, 2.05) is 25.1 Å². The minimum absolute atomic E-state index is 0.167. The second-order valence-corrected chi connectivity index (χ2v) is 4.69. The van der Waals surface area contributed by atoms with E-state index in [4.69, 9.17) is 10.00 Å². The summed E-state index contributed by atoms with van der Waals surface area (Å²) >= 11 is 0. The Kier molecular flexibility index (Phi) is 4.83. The summed E-state index contributed by atoms with van der Waals surface area (Å²) < 4.78 is 5.55. The van der Waals surface area contributed by atoms with Crippen LogP contribution in [0.15, 0.2) is 18.2 Å². The number of anilines is 1. The van der Waals surface area contributed by atoms with E-state index in [1.165, 1.54) is 0 Å². The van der Waals surface area contributed by atoms with Crippen LogP contribution in [-0.2, 0) is 6.42 Å². The number of carbonyl (C=O) groups is 1. The van der Waals surface area contributed by atoms with E-state index in [2.05, 4.69) is 11.4 Å². The van der Waals surface area contributed by atoms with Gasteiger partial charge in [-0.15, -0.1) is 0 Å². The predicted molar refractivity (Wildman–Crippen MR) is 76.8 cm³/mol. The first kappa shape index (κ1) is 14.2. The van der Waals surface area contributed by atoms with Gasteiger partial charge in [-0.25, -0.2) is 4.79 Å². The molecule has 5 heteroatoms. The molecule has 1 aliphatic rings. The number of nitriles is 1. The molecule has 0 aliphatic carbocycles. The first-order valence-electron chi connectivity index (χ1n) is 6.93. The smallest absolute Gasteiger partial charge is 0.321 e. The SMILES string of the molecule is CCN(CCC#N)C(=O)Nc1ccc2c(c1)CCCO2. The van der Waals surface area contributed by atoms with E-state index in [0.717, 1.165) is 36.4 Å². The largest absolute Gasteiger partial charge is 0.493 e. The Labute approximate surface area is 119 Å². The Morgan fingerprint density at radius 1 is 1.55 bits per heavy atom. The van der Waals surface area contributed by atoms with Crippen molar-refractivity contribution in [2.24, 2.45) is 0 Å². The van der Waals surface area contributed by atoms with Crippen molar-refractivity contribution in [3.63, 3.8) is 0 Å². The topological polar surface area (TPSA) is 65.4 Å². The number of aryl methyl sites for hydroxylation is 1. The number of urea groups is 1. The lowest BCUT2D eigenvalue weighted by molar-refractivity contribution is 0.215. The van der Waals surface area contributed by atoms with Crippen LogP contribution in [-0.4, -0.2) is 30.6 Å². The van der Waals surface area contributed by atoms with Crippen LogP contribution in [0, 0.1) is 11.3 Å². The lowest BCUT2D eigenvalue weighted by Crippen LogP contribution is -2.35. The van der Waals surface area contributed by atoms with Gasteiger partial charge in [0, 0.05) is 18.8 Å². The summed E-state index contributed by atoms with van der Waals surface area (Å²) in [5, 5.41) is 11.5. The average molecular weight is 273 g/mol. The predicted octanol–water partition coefficient (Wildman–Crippen LogP) is 2.78. The maximum absolute atomic E-state index is 12.1. The zero-order valence-electron chi connectivity index (χ0n) is 11.7. The van der Waals surface area contributed by atoms with Crippen LogP contribution in [0.1, 0.15) is 25.3 Å². The second kappa shape index (κ2) is 6.80. The van der Waals surface area contributed by atoms with Gasteiger partial charge in [-0.05, 0) is 43.5 Å². The molecular formula is C15H19N3O2. The lowest BCUT2D eigenvalue weighted by atomic mass is 10.1. The summed E-state index contributed by atoms with van der Waals surface area (Å²) in [4.78, 5) is 13.7. The number of amides is 2. The fraction of sp³-hybridized carbons (Fsp3) is 0.467. The van der Waals surface area contributed by atoms with Crippen LogP contribution in [0.2, 0.25) is 0 Å². The highest BCUT2D eigenvalue weighted by Crippen LogP contribution is 2.27. The van der Waals surface area contributed by atoms with Crippen molar-refractivity contribution in [2.45, 2.75) is 26.2 Å². The van der Waals surface area contributed by atoms with Crippen molar-refractivity contribution in [1.82, 2.24) is 4.90 Å². The van der Waals surface area contributed by atoms with E-state index in [9.17, 15) is 4.79 Å².